The van der Waals surface area contributed by atoms with Crippen molar-refractivity contribution in [2.24, 2.45) is 10.2 Å². The highest BCUT2D eigenvalue weighted by atomic mass is 16.5. The predicted octanol–water partition coefficient (Wildman–Crippen LogP) is 0.0510. The van der Waals surface area contributed by atoms with Gasteiger partial charge in [0, 0.05) is 0 Å². The highest BCUT2D eigenvalue weighted by Crippen LogP contribution is 2.00. The summed E-state index contributed by atoms with van der Waals surface area (Å²) in [6.07, 6.45) is -0.942. The van der Waals surface area contributed by atoms with Gasteiger partial charge in [-0.1, -0.05) is 5.11 Å². The van der Waals surface area contributed by atoms with E-state index < -0.39 is 18.2 Å². The standard InChI is InChI=1S/C5H7N3O3/c1-2-11-4(9)3-6-5(10)8-7-3/h3H,2H2,1H3,(H,6,10). The Morgan fingerprint density at radius 1 is 1.82 bits per heavy atom. The van der Waals surface area contributed by atoms with Crippen molar-refractivity contribution in [3.8, 4) is 0 Å². The molecule has 0 saturated heterocycles. The monoisotopic (exact) mass is 157 g/mol. The summed E-state index contributed by atoms with van der Waals surface area (Å²) in [4.78, 5) is 21.2. The Kier molecular flexibility index (Phi) is 2.15. The number of ether oxygens (including phenoxy) is 1. The van der Waals surface area contributed by atoms with Crippen LogP contribution < -0.4 is 5.32 Å². The van der Waals surface area contributed by atoms with Crippen LogP contribution in [0.15, 0.2) is 10.2 Å². The van der Waals surface area contributed by atoms with Gasteiger partial charge in [-0.15, -0.1) is 5.11 Å². The first-order valence-electron chi connectivity index (χ1n) is 3.12. The van der Waals surface area contributed by atoms with Gasteiger partial charge in [-0.25, -0.2) is 9.59 Å². The number of hydrogen-bond acceptors (Lipinski definition) is 4. The number of nitrogens with zero attached hydrogens (tertiary/aromatic N) is 2. The van der Waals surface area contributed by atoms with Gasteiger partial charge in [0.25, 0.3) is 0 Å². The first-order valence-corrected chi connectivity index (χ1v) is 3.12. The lowest BCUT2D eigenvalue weighted by atomic mass is 10.5. The van der Waals surface area contributed by atoms with Crippen LogP contribution in [0.4, 0.5) is 4.79 Å². The van der Waals surface area contributed by atoms with Crippen molar-refractivity contribution < 1.29 is 14.3 Å². The number of urea groups is 1. The molecule has 1 aliphatic heterocycles. The molecule has 0 aromatic carbocycles. The quantitative estimate of drug-likeness (QED) is 0.575. The van der Waals surface area contributed by atoms with Crippen LogP contribution in [0.2, 0.25) is 0 Å². The van der Waals surface area contributed by atoms with Crippen LogP contribution in [0.1, 0.15) is 6.92 Å². The number of carbonyl (C=O) groups excluding carboxylic acids is 2. The van der Waals surface area contributed by atoms with Crippen LogP contribution in [0.25, 0.3) is 0 Å². The maximum atomic E-state index is 10.8. The van der Waals surface area contributed by atoms with E-state index in [-0.39, 0.29) is 6.61 Å². The largest absolute Gasteiger partial charge is 0.463 e. The van der Waals surface area contributed by atoms with Crippen LogP contribution >= 0.6 is 0 Å². The average Bonchev–Trinajstić information content (AvgIpc) is 2.36. The Bertz CT molecular complexity index is 213. The number of azo groups is 1. The second-order valence-corrected chi connectivity index (χ2v) is 1.82. The lowest BCUT2D eigenvalue weighted by molar-refractivity contribution is -0.144. The van der Waals surface area contributed by atoms with E-state index in [9.17, 15) is 9.59 Å². The van der Waals surface area contributed by atoms with E-state index in [2.05, 4.69) is 20.3 Å². The van der Waals surface area contributed by atoms with E-state index in [0.717, 1.165) is 0 Å². The Morgan fingerprint density at radius 2 is 2.55 bits per heavy atom. The number of rotatable bonds is 2. The molecule has 0 fully saturated rings. The first kappa shape index (κ1) is 7.64. The lowest BCUT2D eigenvalue weighted by Crippen LogP contribution is -2.34. The third-order valence-electron chi connectivity index (χ3n) is 1.03. The van der Waals surface area contributed by atoms with Crippen LogP contribution in [-0.4, -0.2) is 24.8 Å². The minimum Gasteiger partial charge on any atom is -0.463 e. The Hall–Kier alpha value is -1.46. The molecule has 0 bridgehead atoms. The van der Waals surface area contributed by atoms with E-state index >= 15 is 0 Å². The fraction of sp³-hybridized carbons (Fsp3) is 0.600. The van der Waals surface area contributed by atoms with E-state index in [1.807, 2.05) is 0 Å². The minimum absolute atomic E-state index is 0.265. The Morgan fingerprint density at radius 3 is 3.00 bits per heavy atom. The molecule has 6 nitrogen and oxygen atoms in total. The number of esters is 1. The van der Waals surface area contributed by atoms with Crippen molar-refractivity contribution in [3.63, 3.8) is 0 Å². The molecule has 0 spiro atoms. The van der Waals surface area contributed by atoms with Crippen molar-refractivity contribution >= 4 is 12.0 Å². The molecule has 60 valence electrons. The van der Waals surface area contributed by atoms with Gasteiger partial charge in [-0.05, 0) is 6.92 Å². The molecule has 1 heterocycles. The summed E-state index contributed by atoms with van der Waals surface area (Å²) in [6, 6.07) is -0.608. The van der Waals surface area contributed by atoms with Crippen molar-refractivity contribution in [3.05, 3.63) is 0 Å². The second-order valence-electron chi connectivity index (χ2n) is 1.82. The molecular formula is C5H7N3O3. The maximum absolute atomic E-state index is 10.8. The van der Waals surface area contributed by atoms with Crippen molar-refractivity contribution in [1.29, 1.82) is 0 Å². The fourth-order valence-corrected chi connectivity index (χ4v) is 0.612. The van der Waals surface area contributed by atoms with Crippen LogP contribution in [0.3, 0.4) is 0 Å². The van der Waals surface area contributed by atoms with Crippen LogP contribution in [0.5, 0.6) is 0 Å². The molecule has 2 amide bonds. The zero-order valence-corrected chi connectivity index (χ0v) is 5.90. The second kappa shape index (κ2) is 3.09. The number of carbonyl (C=O) groups is 2. The molecule has 0 saturated carbocycles. The van der Waals surface area contributed by atoms with E-state index in [1.165, 1.54) is 0 Å². The van der Waals surface area contributed by atoms with Gasteiger partial charge in [0.1, 0.15) is 0 Å². The zero-order chi connectivity index (χ0) is 8.27. The fourth-order valence-electron chi connectivity index (χ4n) is 0.612. The molecule has 1 unspecified atom stereocenters. The van der Waals surface area contributed by atoms with Gasteiger partial charge in [0.2, 0.25) is 6.17 Å². The van der Waals surface area contributed by atoms with E-state index in [4.69, 9.17) is 0 Å². The summed E-state index contributed by atoms with van der Waals surface area (Å²) in [5, 5.41) is 8.61. The number of hydrogen-bond donors (Lipinski definition) is 1. The Balaban J connectivity index is 2.44. The molecular weight excluding hydrogens is 150 g/mol. The average molecular weight is 157 g/mol. The van der Waals surface area contributed by atoms with E-state index in [1.54, 1.807) is 6.92 Å². The third kappa shape index (κ3) is 1.73. The topological polar surface area (TPSA) is 80.1 Å². The molecule has 1 rings (SSSR count). The van der Waals surface area contributed by atoms with Crippen LogP contribution in [-0.2, 0) is 9.53 Å². The van der Waals surface area contributed by atoms with Crippen molar-refractivity contribution in [1.82, 2.24) is 5.32 Å². The highest BCUT2D eigenvalue weighted by Gasteiger charge is 2.25. The summed E-state index contributed by atoms with van der Waals surface area (Å²) in [7, 11) is 0. The normalized spacial score (nSPS) is 21.5. The maximum Gasteiger partial charge on any atom is 0.361 e. The molecule has 11 heavy (non-hydrogen) atoms. The van der Waals surface area contributed by atoms with Gasteiger partial charge in [-0.3, -0.25) is 0 Å². The summed E-state index contributed by atoms with van der Waals surface area (Å²) in [6.45, 7) is 1.94. The number of nitrogens with one attached hydrogen (secondary N) is 1. The van der Waals surface area contributed by atoms with Gasteiger partial charge in [0.15, 0.2) is 0 Å². The Labute approximate surface area is 62.6 Å². The predicted molar refractivity (Wildman–Crippen MR) is 33.8 cm³/mol. The first-order chi connectivity index (χ1) is 5.24. The van der Waals surface area contributed by atoms with Gasteiger partial charge < -0.3 is 10.1 Å². The van der Waals surface area contributed by atoms with E-state index in [0.29, 0.717) is 0 Å². The lowest BCUT2D eigenvalue weighted by Gasteiger charge is -2.03. The molecule has 1 N–H and O–H groups in total. The molecule has 1 atom stereocenters. The SMILES string of the molecule is CCOC(=O)C1N=NC(=O)N1. The van der Waals surface area contributed by atoms with Crippen molar-refractivity contribution in [2.45, 2.75) is 13.1 Å². The zero-order valence-electron chi connectivity index (χ0n) is 5.90. The molecule has 0 aliphatic carbocycles. The molecule has 1 aliphatic rings. The van der Waals surface area contributed by atoms with Gasteiger partial charge >= 0.3 is 12.0 Å². The summed E-state index contributed by atoms with van der Waals surface area (Å²) < 4.78 is 4.57. The third-order valence-corrected chi connectivity index (χ3v) is 1.03. The number of amides is 2. The minimum atomic E-state index is -0.942. The van der Waals surface area contributed by atoms with Gasteiger partial charge in [0.05, 0.1) is 6.61 Å². The molecule has 0 radical (unpaired) electrons. The molecule has 0 aromatic heterocycles. The smallest absolute Gasteiger partial charge is 0.361 e. The molecule has 0 aromatic rings. The van der Waals surface area contributed by atoms with Crippen molar-refractivity contribution in [2.75, 3.05) is 6.61 Å². The van der Waals surface area contributed by atoms with Gasteiger partial charge in [-0.2, -0.15) is 0 Å². The summed E-state index contributed by atoms with van der Waals surface area (Å²) >= 11 is 0. The molecule has 6 heteroatoms. The summed E-state index contributed by atoms with van der Waals surface area (Å²) in [5.41, 5.74) is 0. The summed E-state index contributed by atoms with van der Waals surface area (Å²) in [5.74, 6) is -0.581. The van der Waals surface area contributed by atoms with Crippen LogP contribution in [0, 0.1) is 0 Å². The highest BCUT2D eigenvalue weighted by molar-refractivity contribution is 5.85.